The van der Waals surface area contributed by atoms with E-state index in [0.29, 0.717) is 12.5 Å². The second-order valence-electron chi connectivity index (χ2n) is 5.28. The molecule has 0 saturated carbocycles. The third-order valence-electron chi connectivity index (χ3n) is 3.44. The predicted octanol–water partition coefficient (Wildman–Crippen LogP) is 2.95. The van der Waals surface area contributed by atoms with Gasteiger partial charge in [-0.2, -0.15) is 0 Å². The zero-order valence-corrected chi connectivity index (χ0v) is 17.5. The molecule has 0 aromatic rings. The van der Waals surface area contributed by atoms with Crippen LogP contribution in [0.2, 0.25) is 0 Å². The Labute approximate surface area is 154 Å². The van der Waals surface area contributed by atoms with Crippen molar-refractivity contribution in [2.75, 3.05) is 31.6 Å². The van der Waals surface area contributed by atoms with Crippen molar-refractivity contribution in [3.8, 4) is 0 Å². The van der Waals surface area contributed by atoms with E-state index in [1.54, 1.807) is 14.0 Å². The molecule has 5 nitrogen and oxygen atoms in total. The summed E-state index contributed by atoms with van der Waals surface area (Å²) < 4.78 is 22.8. The van der Waals surface area contributed by atoms with Gasteiger partial charge in [-0.05, 0) is 6.42 Å². The van der Waals surface area contributed by atoms with Crippen LogP contribution >= 0.6 is 24.0 Å². The maximum absolute atomic E-state index is 11.4. The standard InChI is InChI=1S/C15H33N3O2S.HI/c1-4-6-7-8-9-10-11-12-17-15(16-3)18-13-14-21(19,20)5-2;/h4-14H2,1-3H3,(H2,16,17,18);1H. The fourth-order valence-electron chi connectivity index (χ4n) is 1.98. The molecule has 0 atom stereocenters. The number of unbranched alkanes of at least 4 members (excludes halogenated alkanes) is 6. The van der Waals surface area contributed by atoms with Crippen LogP contribution in [0.25, 0.3) is 0 Å². The number of hydrogen-bond acceptors (Lipinski definition) is 3. The molecule has 0 amide bonds. The zero-order chi connectivity index (χ0) is 16.0. The quantitative estimate of drug-likeness (QED) is 0.209. The largest absolute Gasteiger partial charge is 0.356 e. The molecule has 134 valence electrons. The van der Waals surface area contributed by atoms with Gasteiger partial charge in [0.25, 0.3) is 0 Å². The highest BCUT2D eigenvalue weighted by Crippen LogP contribution is 2.06. The number of hydrogen-bond donors (Lipinski definition) is 2. The van der Waals surface area contributed by atoms with Crippen LogP contribution in [0.1, 0.15) is 58.8 Å². The first kappa shape index (κ1) is 24.2. The van der Waals surface area contributed by atoms with E-state index < -0.39 is 9.84 Å². The van der Waals surface area contributed by atoms with Crippen molar-refractivity contribution in [2.24, 2.45) is 4.99 Å². The highest BCUT2D eigenvalue weighted by molar-refractivity contribution is 14.0. The summed E-state index contributed by atoms with van der Waals surface area (Å²) in [5.41, 5.74) is 0. The van der Waals surface area contributed by atoms with Crippen LogP contribution in [-0.4, -0.2) is 46.0 Å². The Kier molecular flexibility index (Phi) is 17.4. The van der Waals surface area contributed by atoms with Crippen molar-refractivity contribution in [1.29, 1.82) is 0 Å². The SMILES string of the molecule is CCCCCCCCCNC(=NC)NCCS(=O)(=O)CC.I. The first-order chi connectivity index (χ1) is 10.1. The number of halogens is 1. The van der Waals surface area contributed by atoms with Gasteiger partial charge in [0, 0.05) is 25.9 Å². The van der Waals surface area contributed by atoms with Crippen molar-refractivity contribution < 1.29 is 8.42 Å². The number of nitrogens with one attached hydrogen (secondary N) is 2. The van der Waals surface area contributed by atoms with Crippen LogP contribution in [0.3, 0.4) is 0 Å². The summed E-state index contributed by atoms with van der Waals surface area (Å²) in [6, 6.07) is 0. The van der Waals surface area contributed by atoms with E-state index in [2.05, 4.69) is 22.5 Å². The minimum absolute atomic E-state index is 0. The summed E-state index contributed by atoms with van der Waals surface area (Å²) in [7, 11) is -1.21. The van der Waals surface area contributed by atoms with E-state index >= 15 is 0 Å². The molecule has 0 aliphatic heterocycles. The highest BCUT2D eigenvalue weighted by Gasteiger charge is 2.07. The van der Waals surface area contributed by atoms with Crippen molar-refractivity contribution in [1.82, 2.24) is 10.6 Å². The van der Waals surface area contributed by atoms with Crippen LogP contribution in [0, 0.1) is 0 Å². The monoisotopic (exact) mass is 447 g/mol. The molecule has 0 fully saturated rings. The predicted molar refractivity (Wildman–Crippen MR) is 107 cm³/mol. The summed E-state index contributed by atoms with van der Waals surface area (Å²) in [6.07, 6.45) is 8.96. The molecule has 0 bridgehead atoms. The molecule has 2 N–H and O–H groups in total. The minimum atomic E-state index is -2.91. The number of sulfone groups is 1. The Morgan fingerprint density at radius 2 is 1.45 bits per heavy atom. The second-order valence-corrected chi connectivity index (χ2v) is 7.76. The van der Waals surface area contributed by atoms with Gasteiger partial charge in [0.15, 0.2) is 15.8 Å². The van der Waals surface area contributed by atoms with Crippen molar-refractivity contribution in [3.05, 3.63) is 0 Å². The zero-order valence-electron chi connectivity index (χ0n) is 14.4. The third-order valence-corrected chi connectivity index (χ3v) is 5.15. The molecular weight excluding hydrogens is 413 g/mol. The van der Waals surface area contributed by atoms with Gasteiger partial charge < -0.3 is 10.6 Å². The van der Waals surface area contributed by atoms with Gasteiger partial charge in [-0.25, -0.2) is 8.42 Å². The summed E-state index contributed by atoms with van der Waals surface area (Å²) in [6.45, 7) is 5.19. The van der Waals surface area contributed by atoms with E-state index in [1.165, 1.54) is 38.5 Å². The number of rotatable bonds is 12. The van der Waals surface area contributed by atoms with Gasteiger partial charge in [-0.15, -0.1) is 24.0 Å². The average molecular weight is 447 g/mol. The Balaban J connectivity index is 0. The molecular formula is C15H34IN3O2S. The van der Waals surface area contributed by atoms with Gasteiger partial charge in [-0.3, -0.25) is 4.99 Å². The van der Waals surface area contributed by atoms with Gasteiger partial charge in [-0.1, -0.05) is 52.4 Å². The molecule has 22 heavy (non-hydrogen) atoms. The molecule has 0 heterocycles. The fraction of sp³-hybridized carbons (Fsp3) is 0.933. The Morgan fingerprint density at radius 3 is 2.00 bits per heavy atom. The van der Waals surface area contributed by atoms with E-state index in [0.717, 1.165) is 13.0 Å². The number of nitrogens with zero attached hydrogens (tertiary/aromatic N) is 1. The summed E-state index contributed by atoms with van der Waals surface area (Å²) in [5.74, 6) is 1.03. The molecule has 0 rings (SSSR count). The summed E-state index contributed by atoms with van der Waals surface area (Å²) >= 11 is 0. The van der Waals surface area contributed by atoms with E-state index in [1.807, 2.05) is 0 Å². The van der Waals surface area contributed by atoms with Crippen LogP contribution in [0.5, 0.6) is 0 Å². The molecule has 0 aliphatic rings. The molecule has 0 aromatic heterocycles. The van der Waals surface area contributed by atoms with Crippen LogP contribution in [-0.2, 0) is 9.84 Å². The Hall–Kier alpha value is -0.0500. The lowest BCUT2D eigenvalue weighted by atomic mass is 10.1. The third kappa shape index (κ3) is 14.9. The highest BCUT2D eigenvalue weighted by atomic mass is 127. The van der Waals surface area contributed by atoms with Gasteiger partial charge in [0.1, 0.15) is 0 Å². The molecule has 0 saturated heterocycles. The molecule has 0 unspecified atom stereocenters. The van der Waals surface area contributed by atoms with Crippen LogP contribution < -0.4 is 10.6 Å². The average Bonchev–Trinajstić information content (AvgIpc) is 2.48. The van der Waals surface area contributed by atoms with Gasteiger partial charge in [0.2, 0.25) is 0 Å². The summed E-state index contributed by atoms with van der Waals surface area (Å²) in [5, 5.41) is 6.26. The molecule has 0 radical (unpaired) electrons. The first-order valence-electron chi connectivity index (χ1n) is 8.20. The maximum atomic E-state index is 11.4. The van der Waals surface area contributed by atoms with E-state index in [-0.39, 0.29) is 35.5 Å². The smallest absolute Gasteiger partial charge is 0.191 e. The molecule has 0 spiro atoms. The van der Waals surface area contributed by atoms with Crippen LogP contribution in [0.15, 0.2) is 4.99 Å². The molecule has 0 aliphatic carbocycles. The second kappa shape index (κ2) is 15.8. The van der Waals surface area contributed by atoms with Crippen LogP contribution in [0.4, 0.5) is 0 Å². The number of guanidine groups is 1. The maximum Gasteiger partial charge on any atom is 0.191 e. The van der Waals surface area contributed by atoms with Gasteiger partial charge >= 0.3 is 0 Å². The van der Waals surface area contributed by atoms with Crippen molar-refractivity contribution in [2.45, 2.75) is 58.8 Å². The lowest BCUT2D eigenvalue weighted by molar-refractivity contribution is 0.583. The fourth-order valence-corrected chi connectivity index (χ4v) is 2.68. The Bertz CT molecular complexity index is 373. The minimum Gasteiger partial charge on any atom is -0.356 e. The van der Waals surface area contributed by atoms with E-state index in [4.69, 9.17) is 0 Å². The van der Waals surface area contributed by atoms with Crippen molar-refractivity contribution in [3.63, 3.8) is 0 Å². The molecule has 0 aromatic carbocycles. The van der Waals surface area contributed by atoms with Crippen molar-refractivity contribution >= 4 is 39.8 Å². The summed E-state index contributed by atoms with van der Waals surface area (Å²) in [4.78, 5) is 4.09. The van der Waals surface area contributed by atoms with Gasteiger partial charge in [0.05, 0.1) is 5.75 Å². The Morgan fingerprint density at radius 1 is 0.909 bits per heavy atom. The number of aliphatic imine (C=N–C) groups is 1. The lowest BCUT2D eigenvalue weighted by Crippen LogP contribution is -2.40. The normalized spacial score (nSPS) is 11.9. The van der Waals surface area contributed by atoms with E-state index in [9.17, 15) is 8.42 Å². The molecule has 7 heteroatoms. The topological polar surface area (TPSA) is 70.6 Å². The first-order valence-corrected chi connectivity index (χ1v) is 10.0. The lowest BCUT2D eigenvalue weighted by Gasteiger charge is -2.11.